The van der Waals surface area contributed by atoms with Gasteiger partial charge in [0, 0.05) is 11.8 Å². The third-order valence-electron chi connectivity index (χ3n) is 4.75. The Morgan fingerprint density at radius 2 is 1.67 bits per heavy atom. The zero-order valence-electron chi connectivity index (χ0n) is 15.5. The first-order valence-electron chi connectivity index (χ1n) is 8.79. The summed E-state index contributed by atoms with van der Waals surface area (Å²) in [6, 6.07) is 17.4. The van der Waals surface area contributed by atoms with Crippen molar-refractivity contribution in [3.8, 4) is 17.0 Å². The predicted molar refractivity (Wildman–Crippen MR) is 107 cm³/mol. The van der Waals surface area contributed by atoms with Gasteiger partial charge in [-0.25, -0.2) is 4.98 Å². The van der Waals surface area contributed by atoms with Crippen molar-refractivity contribution in [2.45, 2.75) is 20.8 Å². The fourth-order valence-corrected chi connectivity index (χ4v) is 3.00. The highest BCUT2D eigenvalue weighted by atomic mass is 16.3. The number of imidazole rings is 1. The third kappa shape index (κ3) is 3.08. The third-order valence-corrected chi connectivity index (χ3v) is 4.75. The molecular formula is C22H20N4O. The number of hydrogen-bond donors (Lipinski definition) is 1. The second kappa shape index (κ2) is 6.68. The van der Waals surface area contributed by atoms with E-state index in [1.165, 1.54) is 11.1 Å². The van der Waals surface area contributed by atoms with E-state index < -0.39 is 0 Å². The Kier molecular flexibility index (Phi) is 4.20. The maximum atomic E-state index is 10.2. The summed E-state index contributed by atoms with van der Waals surface area (Å²) in [4.78, 5) is 4.65. The molecule has 134 valence electrons. The first-order chi connectivity index (χ1) is 13.0. The molecule has 0 aliphatic rings. The topological polar surface area (TPSA) is 62.2 Å². The second-order valence-electron chi connectivity index (χ2n) is 6.66. The fourth-order valence-electron chi connectivity index (χ4n) is 3.00. The molecule has 4 rings (SSSR count). The highest BCUT2D eigenvalue weighted by Crippen LogP contribution is 2.35. The van der Waals surface area contributed by atoms with Gasteiger partial charge in [0.2, 0.25) is 0 Å². The highest BCUT2D eigenvalue weighted by Gasteiger charge is 2.16. The number of hydrogen-bond acceptors (Lipinski definition) is 4. The Labute approximate surface area is 157 Å². The van der Waals surface area contributed by atoms with Crippen LogP contribution in [0.4, 0.5) is 11.5 Å². The number of benzene rings is 2. The number of nitrogens with zero attached hydrogens (tertiary/aromatic N) is 4. The van der Waals surface area contributed by atoms with Crippen LogP contribution in [0.2, 0.25) is 0 Å². The molecule has 4 aromatic rings. The average molecular weight is 356 g/mol. The van der Waals surface area contributed by atoms with Crippen molar-refractivity contribution in [1.82, 2.24) is 9.38 Å². The van der Waals surface area contributed by atoms with Gasteiger partial charge in [-0.05, 0) is 61.7 Å². The van der Waals surface area contributed by atoms with Crippen LogP contribution < -0.4 is 0 Å². The highest BCUT2D eigenvalue weighted by molar-refractivity contribution is 5.77. The Morgan fingerprint density at radius 3 is 2.44 bits per heavy atom. The molecule has 0 radical (unpaired) electrons. The molecule has 0 saturated carbocycles. The number of aryl methyl sites for hydroxylation is 3. The van der Waals surface area contributed by atoms with Crippen molar-refractivity contribution in [3.05, 3.63) is 77.5 Å². The molecule has 2 aromatic carbocycles. The molecule has 27 heavy (non-hydrogen) atoms. The lowest BCUT2D eigenvalue weighted by atomic mass is 10.0. The lowest BCUT2D eigenvalue weighted by molar-refractivity contribution is 0.477. The Bertz CT molecular complexity index is 1170. The molecular weight excluding hydrogens is 336 g/mol. The molecule has 0 atom stereocenters. The van der Waals surface area contributed by atoms with E-state index in [2.05, 4.69) is 41.2 Å². The average Bonchev–Trinajstić information content (AvgIpc) is 3.03. The van der Waals surface area contributed by atoms with E-state index in [9.17, 15) is 5.11 Å². The van der Waals surface area contributed by atoms with Gasteiger partial charge < -0.3 is 5.11 Å². The molecule has 5 heteroatoms. The Morgan fingerprint density at radius 1 is 0.852 bits per heavy atom. The van der Waals surface area contributed by atoms with Gasteiger partial charge in [-0.2, -0.15) is 0 Å². The molecule has 2 heterocycles. The van der Waals surface area contributed by atoms with Gasteiger partial charge in [0.25, 0.3) is 0 Å². The van der Waals surface area contributed by atoms with Crippen molar-refractivity contribution in [2.24, 2.45) is 10.2 Å². The van der Waals surface area contributed by atoms with Gasteiger partial charge in [0.1, 0.15) is 5.69 Å². The normalized spacial score (nSPS) is 11.5. The van der Waals surface area contributed by atoms with Gasteiger partial charge >= 0.3 is 0 Å². The fraction of sp³-hybridized carbons (Fsp3) is 0.136. The number of fused-ring (bicyclic) bond motifs is 1. The predicted octanol–water partition coefficient (Wildman–Crippen LogP) is 6.05. The summed E-state index contributed by atoms with van der Waals surface area (Å²) in [6.07, 6.45) is 1.83. The summed E-state index contributed by atoms with van der Waals surface area (Å²) in [7, 11) is 0. The molecule has 1 N–H and O–H groups in total. The van der Waals surface area contributed by atoms with Crippen LogP contribution in [0.3, 0.4) is 0 Å². The van der Waals surface area contributed by atoms with E-state index in [1.807, 2.05) is 43.5 Å². The Hall–Kier alpha value is -3.47. The summed E-state index contributed by atoms with van der Waals surface area (Å²) in [5.74, 6) is 0.701. The van der Waals surface area contributed by atoms with Crippen molar-refractivity contribution in [1.29, 1.82) is 0 Å². The monoisotopic (exact) mass is 356 g/mol. The zero-order chi connectivity index (χ0) is 19.0. The van der Waals surface area contributed by atoms with Crippen LogP contribution in [0.25, 0.3) is 16.9 Å². The zero-order valence-corrected chi connectivity index (χ0v) is 15.5. The molecule has 0 unspecified atom stereocenters. The van der Waals surface area contributed by atoms with E-state index in [0.717, 1.165) is 16.8 Å². The molecule has 0 amide bonds. The van der Waals surface area contributed by atoms with E-state index >= 15 is 0 Å². The van der Waals surface area contributed by atoms with Gasteiger partial charge in [-0.1, -0.05) is 30.3 Å². The van der Waals surface area contributed by atoms with Crippen LogP contribution in [-0.2, 0) is 0 Å². The number of aromatic hydroxyl groups is 1. The summed E-state index contributed by atoms with van der Waals surface area (Å²) in [5, 5.41) is 19.2. The van der Waals surface area contributed by atoms with E-state index in [1.54, 1.807) is 16.5 Å². The van der Waals surface area contributed by atoms with Gasteiger partial charge in [-0.3, -0.25) is 4.40 Å². The maximum absolute atomic E-state index is 10.2. The lowest BCUT2D eigenvalue weighted by Crippen LogP contribution is -1.85. The van der Waals surface area contributed by atoms with Crippen molar-refractivity contribution in [2.75, 3.05) is 0 Å². The van der Waals surface area contributed by atoms with Gasteiger partial charge in [-0.15, -0.1) is 10.2 Å². The van der Waals surface area contributed by atoms with E-state index in [0.29, 0.717) is 17.2 Å². The molecule has 2 aromatic heterocycles. The first kappa shape index (κ1) is 17.0. The van der Waals surface area contributed by atoms with Crippen molar-refractivity contribution < 1.29 is 5.11 Å². The number of pyridine rings is 1. The smallest absolute Gasteiger partial charge is 0.187 e. The summed E-state index contributed by atoms with van der Waals surface area (Å²) in [5.41, 5.74) is 6.34. The van der Waals surface area contributed by atoms with Crippen LogP contribution in [0.15, 0.2) is 71.0 Å². The number of aromatic nitrogens is 2. The van der Waals surface area contributed by atoms with Crippen LogP contribution in [0.5, 0.6) is 5.75 Å². The van der Waals surface area contributed by atoms with Gasteiger partial charge in [0.05, 0.1) is 5.69 Å². The van der Waals surface area contributed by atoms with Crippen LogP contribution in [0, 0.1) is 20.8 Å². The van der Waals surface area contributed by atoms with Crippen molar-refractivity contribution in [3.63, 3.8) is 0 Å². The SMILES string of the molecule is Cc1ccc(-c2nc3c(O)cccn3c2N=Nc2ccccc2C)cc1C. The number of azo groups is 1. The summed E-state index contributed by atoms with van der Waals surface area (Å²) in [6.45, 7) is 6.15. The largest absolute Gasteiger partial charge is 0.504 e. The van der Waals surface area contributed by atoms with E-state index in [4.69, 9.17) is 0 Å². The quantitative estimate of drug-likeness (QED) is 0.454. The molecule has 0 spiro atoms. The summed E-state index contributed by atoms with van der Waals surface area (Å²) >= 11 is 0. The van der Waals surface area contributed by atoms with E-state index in [-0.39, 0.29) is 5.75 Å². The van der Waals surface area contributed by atoms with Crippen LogP contribution in [-0.4, -0.2) is 14.5 Å². The van der Waals surface area contributed by atoms with Crippen LogP contribution >= 0.6 is 0 Å². The molecule has 0 fully saturated rings. The van der Waals surface area contributed by atoms with Crippen LogP contribution in [0.1, 0.15) is 16.7 Å². The molecule has 5 nitrogen and oxygen atoms in total. The summed E-state index contributed by atoms with van der Waals surface area (Å²) < 4.78 is 1.77. The second-order valence-corrected chi connectivity index (χ2v) is 6.66. The molecule has 0 bridgehead atoms. The minimum absolute atomic E-state index is 0.111. The molecule has 0 aliphatic carbocycles. The van der Waals surface area contributed by atoms with Gasteiger partial charge in [0.15, 0.2) is 17.2 Å². The standard InChI is InChI=1S/C22H20N4O/c1-14-10-11-17(13-16(14)3)20-22(25-24-18-8-5-4-7-15(18)2)26-12-6-9-19(27)21(26)23-20/h4-13,27H,1-3H3. The van der Waals surface area contributed by atoms with Crippen molar-refractivity contribution >= 4 is 17.2 Å². The molecule has 0 aliphatic heterocycles. The maximum Gasteiger partial charge on any atom is 0.187 e. The Balaban J connectivity index is 1.93. The first-order valence-corrected chi connectivity index (χ1v) is 8.79. The molecule has 0 saturated heterocycles. The minimum atomic E-state index is 0.111. The minimum Gasteiger partial charge on any atom is -0.504 e. The lowest BCUT2D eigenvalue weighted by Gasteiger charge is -2.04. The number of rotatable bonds is 3.